The van der Waals surface area contributed by atoms with Gasteiger partial charge in [-0.1, -0.05) is 48.5 Å². The van der Waals surface area contributed by atoms with Crippen molar-refractivity contribution < 1.29 is 13.9 Å². The van der Waals surface area contributed by atoms with Crippen LogP contribution in [-0.2, 0) is 4.79 Å². The van der Waals surface area contributed by atoms with Gasteiger partial charge in [0.25, 0.3) is 11.5 Å². The molecule has 35 heavy (non-hydrogen) atoms. The van der Waals surface area contributed by atoms with E-state index in [1.165, 1.54) is 17.0 Å². The van der Waals surface area contributed by atoms with Gasteiger partial charge in [0.05, 0.1) is 12.0 Å². The molecule has 9 nitrogen and oxygen atoms in total. The number of hydrogen-bond donors (Lipinski definition) is 2. The molecule has 0 atom stereocenters. The predicted octanol–water partition coefficient (Wildman–Crippen LogP) is 4.21. The van der Waals surface area contributed by atoms with E-state index < -0.39 is 5.91 Å². The summed E-state index contributed by atoms with van der Waals surface area (Å²) in [6.45, 7) is 1.69. The monoisotopic (exact) mass is 467 g/mol. The molecule has 0 radical (unpaired) electrons. The first kappa shape index (κ1) is 21.9. The molecule has 0 saturated carbocycles. The van der Waals surface area contributed by atoms with Crippen molar-refractivity contribution in [3.8, 4) is 34.4 Å². The van der Waals surface area contributed by atoms with Gasteiger partial charge >= 0.3 is 0 Å². The molecule has 2 N–H and O–H groups in total. The fraction of sp³-hybridized carbons (Fsp3) is 0.0769. The first-order valence-electron chi connectivity index (χ1n) is 10.9. The smallest absolute Gasteiger partial charge is 0.263 e. The highest BCUT2D eigenvalue weighted by Crippen LogP contribution is 2.25. The zero-order chi connectivity index (χ0) is 24.2. The van der Waals surface area contributed by atoms with Gasteiger partial charge in [0.15, 0.2) is 12.4 Å². The van der Waals surface area contributed by atoms with Gasteiger partial charge in [-0.2, -0.15) is 9.78 Å². The summed E-state index contributed by atoms with van der Waals surface area (Å²) in [6.07, 6.45) is 1.53. The van der Waals surface area contributed by atoms with Crippen molar-refractivity contribution in [2.24, 2.45) is 0 Å². The summed E-state index contributed by atoms with van der Waals surface area (Å²) in [7, 11) is 0. The maximum absolute atomic E-state index is 12.7. The van der Waals surface area contributed by atoms with Crippen molar-refractivity contribution in [3.63, 3.8) is 0 Å². The van der Waals surface area contributed by atoms with Gasteiger partial charge in [0.2, 0.25) is 5.95 Å². The molecule has 174 valence electrons. The summed E-state index contributed by atoms with van der Waals surface area (Å²) in [5, 5.41) is 7.31. The number of aryl methyl sites for hydroxylation is 1. The molecule has 0 aliphatic rings. The molecule has 1 amide bonds. The van der Waals surface area contributed by atoms with Gasteiger partial charge < -0.3 is 14.5 Å². The number of ether oxygens (including phenoxy) is 1. The Morgan fingerprint density at radius 3 is 2.60 bits per heavy atom. The minimum atomic E-state index is -0.401. The largest absolute Gasteiger partial charge is 0.483 e. The molecule has 0 aliphatic heterocycles. The molecule has 3 heterocycles. The van der Waals surface area contributed by atoms with Crippen LogP contribution in [0.5, 0.6) is 5.75 Å². The number of hydrogen-bond acceptors (Lipinski definition) is 6. The summed E-state index contributed by atoms with van der Waals surface area (Å²) < 4.78 is 12.5. The van der Waals surface area contributed by atoms with Crippen LogP contribution in [0, 0.1) is 6.92 Å². The molecule has 5 aromatic rings. The summed E-state index contributed by atoms with van der Waals surface area (Å²) >= 11 is 0. The van der Waals surface area contributed by atoms with Crippen molar-refractivity contribution >= 4 is 11.7 Å². The maximum Gasteiger partial charge on any atom is 0.263 e. The predicted molar refractivity (Wildman–Crippen MR) is 130 cm³/mol. The third-order valence-electron chi connectivity index (χ3n) is 5.20. The number of rotatable bonds is 7. The number of H-pyrrole nitrogens is 1. The summed E-state index contributed by atoms with van der Waals surface area (Å²) in [4.78, 5) is 32.5. The van der Waals surface area contributed by atoms with Gasteiger partial charge in [-0.25, -0.2) is 4.98 Å². The van der Waals surface area contributed by atoms with Crippen molar-refractivity contribution in [3.05, 3.63) is 101 Å². The van der Waals surface area contributed by atoms with Crippen LogP contribution in [0.4, 0.5) is 5.82 Å². The lowest BCUT2D eigenvalue weighted by atomic mass is 10.1. The lowest BCUT2D eigenvalue weighted by molar-refractivity contribution is -0.118. The molecular formula is C26H21N5O4. The molecule has 0 fully saturated rings. The van der Waals surface area contributed by atoms with Gasteiger partial charge in [-0.15, -0.1) is 0 Å². The quantitative estimate of drug-likeness (QED) is 0.371. The molecule has 0 spiro atoms. The number of nitrogens with zero attached hydrogens (tertiary/aromatic N) is 3. The third-order valence-corrected chi connectivity index (χ3v) is 5.20. The minimum absolute atomic E-state index is 0.143. The number of amides is 1. The molecule has 3 aromatic heterocycles. The molecule has 2 aromatic carbocycles. The molecule has 5 rings (SSSR count). The Hall–Kier alpha value is -4.92. The normalized spacial score (nSPS) is 10.8. The van der Waals surface area contributed by atoms with E-state index in [2.05, 4.69) is 20.4 Å². The lowest BCUT2D eigenvalue weighted by Crippen LogP contribution is -2.23. The fourth-order valence-electron chi connectivity index (χ4n) is 3.52. The second-order valence-corrected chi connectivity index (χ2v) is 7.73. The lowest BCUT2D eigenvalue weighted by Gasteiger charge is -2.11. The van der Waals surface area contributed by atoms with Crippen molar-refractivity contribution in [2.45, 2.75) is 6.92 Å². The number of furan rings is 1. The minimum Gasteiger partial charge on any atom is -0.483 e. The van der Waals surface area contributed by atoms with Crippen molar-refractivity contribution in [1.82, 2.24) is 19.7 Å². The van der Waals surface area contributed by atoms with Crippen LogP contribution >= 0.6 is 0 Å². The zero-order valence-corrected chi connectivity index (χ0v) is 18.8. The first-order chi connectivity index (χ1) is 17.1. The fourth-order valence-corrected chi connectivity index (χ4v) is 3.52. The van der Waals surface area contributed by atoms with Gasteiger partial charge in [-0.05, 0) is 30.7 Å². The SMILES string of the molecule is Cc1ccccc1OCC(=O)Nc1cc(-c2ccco2)nn1-c1nc(-c2ccccc2)cc(=O)[nH]1. The summed E-state index contributed by atoms with van der Waals surface area (Å²) in [6, 6.07) is 23.3. The number of carbonyl (C=O) groups is 1. The Balaban J connectivity index is 1.48. The zero-order valence-electron chi connectivity index (χ0n) is 18.8. The van der Waals surface area contributed by atoms with E-state index in [-0.39, 0.29) is 18.1 Å². The average Bonchev–Trinajstić information content (AvgIpc) is 3.54. The molecule has 0 unspecified atom stereocenters. The highest BCUT2D eigenvalue weighted by Gasteiger charge is 2.18. The third kappa shape index (κ3) is 4.88. The molecular weight excluding hydrogens is 446 g/mol. The van der Waals surface area contributed by atoms with Crippen LogP contribution in [0.15, 0.2) is 94.3 Å². The first-order valence-corrected chi connectivity index (χ1v) is 10.9. The second-order valence-electron chi connectivity index (χ2n) is 7.73. The number of aromatic amines is 1. The molecule has 0 saturated heterocycles. The van der Waals surface area contributed by atoms with E-state index >= 15 is 0 Å². The van der Waals surface area contributed by atoms with Crippen LogP contribution in [0.2, 0.25) is 0 Å². The van der Waals surface area contributed by atoms with Crippen LogP contribution in [0.25, 0.3) is 28.7 Å². The Bertz CT molecular complexity index is 1520. The highest BCUT2D eigenvalue weighted by atomic mass is 16.5. The Kier molecular flexibility index (Phi) is 5.96. The number of para-hydroxylation sites is 1. The Labute approximate surface area is 200 Å². The molecule has 0 bridgehead atoms. The van der Waals surface area contributed by atoms with E-state index in [1.807, 2.05) is 55.5 Å². The van der Waals surface area contributed by atoms with Gasteiger partial charge in [0.1, 0.15) is 17.3 Å². The van der Waals surface area contributed by atoms with E-state index in [1.54, 1.807) is 24.3 Å². The average molecular weight is 467 g/mol. The Morgan fingerprint density at radius 2 is 1.83 bits per heavy atom. The number of aromatic nitrogens is 4. The standard InChI is InChI=1S/C26H21N5O4/c1-17-8-5-6-11-21(17)35-16-25(33)28-23-14-20(22-12-7-13-34-22)30-31(23)26-27-19(15-24(32)29-26)18-9-3-2-4-10-18/h2-15H,16H2,1H3,(H,28,33)(H,27,29,32). The van der Waals surface area contributed by atoms with Crippen LogP contribution in [-0.4, -0.2) is 32.3 Å². The van der Waals surface area contributed by atoms with Crippen molar-refractivity contribution in [1.29, 1.82) is 0 Å². The Morgan fingerprint density at radius 1 is 1.03 bits per heavy atom. The molecule has 9 heteroatoms. The number of anilines is 1. The maximum atomic E-state index is 12.7. The van der Waals surface area contributed by atoms with E-state index in [0.717, 1.165) is 11.1 Å². The van der Waals surface area contributed by atoms with Gasteiger partial charge in [0, 0.05) is 17.7 Å². The number of benzene rings is 2. The highest BCUT2D eigenvalue weighted by molar-refractivity contribution is 5.91. The van der Waals surface area contributed by atoms with Crippen LogP contribution in [0.1, 0.15) is 5.56 Å². The number of nitrogens with one attached hydrogen (secondary N) is 2. The summed E-state index contributed by atoms with van der Waals surface area (Å²) in [5.41, 5.74) is 2.27. The van der Waals surface area contributed by atoms with E-state index in [0.29, 0.717) is 28.7 Å². The molecule has 0 aliphatic carbocycles. The van der Waals surface area contributed by atoms with Crippen molar-refractivity contribution in [2.75, 3.05) is 11.9 Å². The van der Waals surface area contributed by atoms with Gasteiger partial charge in [-0.3, -0.25) is 14.6 Å². The topological polar surface area (TPSA) is 115 Å². The van der Waals surface area contributed by atoms with E-state index in [9.17, 15) is 9.59 Å². The number of carbonyl (C=O) groups excluding carboxylic acids is 1. The summed E-state index contributed by atoms with van der Waals surface area (Å²) in [5.74, 6) is 1.15. The van der Waals surface area contributed by atoms with Crippen LogP contribution in [0.3, 0.4) is 0 Å². The van der Waals surface area contributed by atoms with Crippen LogP contribution < -0.4 is 15.6 Å². The second kappa shape index (κ2) is 9.52. The van der Waals surface area contributed by atoms with E-state index in [4.69, 9.17) is 9.15 Å².